The molecule has 3 nitrogen and oxygen atoms in total. The molecule has 3 heterocycles. The molecule has 0 amide bonds. The smallest absolute Gasteiger partial charge is 0.137 e. The second kappa shape index (κ2) is 9.47. The largest absolute Gasteiger partial charge is 0.255 e. The van der Waals surface area contributed by atoms with Crippen molar-refractivity contribution in [2.45, 2.75) is 0 Å². The summed E-state index contributed by atoms with van der Waals surface area (Å²) in [7, 11) is 0. The van der Waals surface area contributed by atoms with Crippen LogP contribution in [0.2, 0.25) is 15.2 Å². The number of aromatic nitrogens is 3. The molecule has 5 rings (SSSR count). The van der Waals surface area contributed by atoms with Crippen molar-refractivity contribution in [2.75, 3.05) is 0 Å². The summed E-state index contributed by atoms with van der Waals surface area (Å²) in [6.45, 7) is 0. The van der Waals surface area contributed by atoms with Gasteiger partial charge in [-0.2, -0.15) is 0 Å². The van der Waals surface area contributed by atoms with Crippen LogP contribution < -0.4 is 0 Å². The lowest BCUT2D eigenvalue weighted by atomic mass is 10.1. The Morgan fingerprint density at radius 3 is 1.76 bits per heavy atom. The number of halogens is 7. The maximum absolute atomic E-state index is 13.7. The molecule has 0 N–H and O–H groups in total. The van der Waals surface area contributed by atoms with Gasteiger partial charge in [-0.1, -0.05) is 40.9 Å². The zero-order chi connectivity index (χ0) is 23.7. The zero-order valence-corrected chi connectivity index (χ0v) is 18.5. The Morgan fingerprint density at radius 1 is 0.606 bits per heavy atom. The highest BCUT2D eigenvalue weighted by molar-refractivity contribution is 6.37. The summed E-state index contributed by atoms with van der Waals surface area (Å²) in [4.78, 5) is 12.1. The Kier molecular flexibility index (Phi) is 6.65. The number of hydrogen-bond donors (Lipinski definition) is 0. The number of pyridine rings is 3. The van der Waals surface area contributed by atoms with E-state index in [4.69, 9.17) is 34.8 Å². The average molecular weight is 511 g/mol. The van der Waals surface area contributed by atoms with Gasteiger partial charge in [-0.3, -0.25) is 4.98 Å². The van der Waals surface area contributed by atoms with Crippen molar-refractivity contribution < 1.29 is 17.6 Å². The Bertz CT molecular complexity index is 1460. The number of nitrogens with zero attached hydrogens (tertiary/aromatic N) is 3. The number of benzene rings is 2. The van der Waals surface area contributed by atoms with Crippen molar-refractivity contribution in [1.82, 2.24) is 15.0 Å². The van der Waals surface area contributed by atoms with Crippen molar-refractivity contribution in [2.24, 2.45) is 0 Å². The van der Waals surface area contributed by atoms with Crippen LogP contribution in [0.5, 0.6) is 0 Å². The molecular weight excluding hydrogens is 501 g/mol. The van der Waals surface area contributed by atoms with Crippen molar-refractivity contribution >= 4 is 56.6 Å². The molecule has 0 spiro atoms. The molecule has 2 aromatic carbocycles. The van der Waals surface area contributed by atoms with E-state index in [1.54, 1.807) is 24.4 Å². The summed E-state index contributed by atoms with van der Waals surface area (Å²) in [6.07, 6.45) is 1.61. The number of rotatable bonds is 1. The normalized spacial score (nSPS) is 10.9. The van der Waals surface area contributed by atoms with Crippen LogP contribution in [0.3, 0.4) is 0 Å². The molecule has 5 aromatic rings. The lowest BCUT2D eigenvalue weighted by molar-refractivity contribution is 0.591. The van der Waals surface area contributed by atoms with Crippen LogP contribution in [0.1, 0.15) is 0 Å². The van der Waals surface area contributed by atoms with Gasteiger partial charge >= 0.3 is 0 Å². The molecule has 0 saturated carbocycles. The van der Waals surface area contributed by atoms with Gasteiger partial charge in [0.2, 0.25) is 0 Å². The summed E-state index contributed by atoms with van der Waals surface area (Å²) in [5, 5.41) is 0.605. The van der Waals surface area contributed by atoms with Gasteiger partial charge in [-0.15, -0.1) is 0 Å². The Morgan fingerprint density at radius 2 is 1.18 bits per heavy atom. The lowest BCUT2D eigenvalue weighted by Gasteiger charge is -2.06. The molecule has 0 fully saturated rings. The highest BCUT2D eigenvalue weighted by Crippen LogP contribution is 2.30. The van der Waals surface area contributed by atoms with Gasteiger partial charge < -0.3 is 0 Å². The van der Waals surface area contributed by atoms with Crippen molar-refractivity contribution in [3.63, 3.8) is 0 Å². The minimum atomic E-state index is -0.742. The quantitative estimate of drug-likeness (QED) is 0.169. The van der Waals surface area contributed by atoms with Crippen molar-refractivity contribution in [3.05, 3.63) is 99.3 Å². The van der Waals surface area contributed by atoms with Gasteiger partial charge in [0.25, 0.3) is 0 Å². The molecule has 0 atom stereocenters. The highest BCUT2D eigenvalue weighted by atomic mass is 35.5. The van der Waals surface area contributed by atoms with E-state index in [1.165, 1.54) is 12.1 Å². The molecule has 0 aliphatic rings. The maximum Gasteiger partial charge on any atom is 0.137 e. The van der Waals surface area contributed by atoms with Gasteiger partial charge in [0.15, 0.2) is 0 Å². The lowest BCUT2D eigenvalue weighted by Crippen LogP contribution is -1.92. The van der Waals surface area contributed by atoms with Crippen LogP contribution >= 0.6 is 34.8 Å². The van der Waals surface area contributed by atoms with E-state index in [0.29, 0.717) is 11.4 Å². The van der Waals surface area contributed by atoms with Crippen LogP contribution in [0.25, 0.3) is 33.2 Å². The Labute approximate surface area is 199 Å². The van der Waals surface area contributed by atoms with Gasteiger partial charge in [-0.05, 0) is 24.3 Å². The van der Waals surface area contributed by atoms with Crippen LogP contribution in [-0.4, -0.2) is 15.0 Å². The Hall–Kier alpha value is -3.00. The van der Waals surface area contributed by atoms with Gasteiger partial charge in [0, 0.05) is 30.5 Å². The minimum absolute atomic E-state index is 0.0810. The summed E-state index contributed by atoms with van der Waals surface area (Å²) in [6, 6.07) is 11.9. The molecule has 0 aliphatic carbocycles. The van der Waals surface area contributed by atoms with Gasteiger partial charge in [-0.25, -0.2) is 27.5 Å². The topological polar surface area (TPSA) is 38.7 Å². The molecular formula is C23H10Cl3F4N3. The highest BCUT2D eigenvalue weighted by Gasteiger charge is 2.12. The Balaban J connectivity index is 0.000000165. The van der Waals surface area contributed by atoms with E-state index < -0.39 is 23.3 Å². The first-order valence-corrected chi connectivity index (χ1v) is 10.3. The predicted molar refractivity (Wildman–Crippen MR) is 122 cm³/mol. The SMILES string of the molecule is Fc1cc(F)c2c(Cl)cc(-c3ccccn3)nc2c1.Fc1cc(F)c2c(Cl)cc(Cl)nc2c1. The van der Waals surface area contributed by atoms with E-state index in [9.17, 15) is 17.6 Å². The molecule has 10 heteroatoms. The third-order valence-electron chi connectivity index (χ3n) is 4.45. The summed E-state index contributed by atoms with van der Waals surface area (Å²) >= 11 is 17.4. The van der Waals surface area contributed by atoms with Crippen molar-refractivity contribution in [3.8, 4) is 11.4 Å². The van der Waals surface area contributed by atoms with E-state index in [0.717, 1.165) is 24.3 Å². The molecule has 0 unspecified atom stereocenters. The minimum Gasteiger partial charge on any atom is -0.255 e. The van der Waals surface area contributed by atoms with E-state index in [2.05, 4.69) is 15.0 Å². The van der Waals surface area contributed by atoms with Gasteiger partial charge in [0.1, 0.15) is 28.4 Å². The maximum atomic E-state index is 13.7. The van der Waals surface area contributed by atoms with E-state index >= 15 is 0 Å². The monoisotopic (exact) mass is 509 g/mol. The number of fused-ring (bicyclic) bond motifs is 2. The average Bonchev–Trinajstić information content (AvgIpc) is 2.73. The first-order chi connectivity index (χ1) is 15.7. The van der Waals surface area contributed by atoms with Crippen molar-refractivity contribution in [1.29, 1.82) is 0 Å². The standard InChI is InChI=1S/C14H7ClF2N2.C9H3Cl2F2N/c15-9-7-12(11-3-1-2-4-18-11)19-13-6-8(16)5-10(17)14(9)13;10-5-3-8(11)14-7-2-4(12)1-6(13)9(5)7/h1-7H;1-3H. The number of hydrogen-bond acceptors (Lipinski definition) is 3. The third kappa shape index (κ3) is 5.00. The fourth-order valence-electron chi connectivity index (χ4n) is 3.09. The van der Waals surface area contributed by atoms with Gasteiger partial charge in [0.05, 0.1) is 43.2 Å². The molecule has 0 radical (unpaired) electrons. The molecule has 0 aliphatic heterocycles. The van der Waals surface area contributed by atoms with Crippen LogP contribution in [-0.2, 0) is 0 Å². The second-order valence-corrected chi connectivity index (χ2v) is 7.90. The molecule has 0 saturated heterocycles. The summed E-state index contributed by atoms with van der Waals surface area (Å²) in [5.41, 5.74) is 1.35. The summed E-state index contributed by atoms with van der Waals surface area (Å²) in [5.74, 6) is -2.86. The van der Waals surface area contributed by atoms with Crippen LogP contribution in [0, 0.1) is 23.3 Å². The predicted octanol–water partition coefficient (Wildman–Crippen LogP) is 8.05. The summed E-state index contributed by atoms with van der Waals surface area (Å²) < 4.78 is 52.9. The molecule has 0 bridgehead atoms. The fraction of sp³-hybridized carbons (Fsp3) is 0. The molecule has 166 valence electrons. The van der Waals surface area contributed by atoms with Crippen LogP contribution in [0.15, 0.2) is 60.8 Å². The molecule has 33 heavy (non-hydrogen) atoms. The fourth-order valence-corrected chi connectivity index (χ4v) is 3.93. The first-order valence-electron chi connectivity index (χ1n) is 9.20. The van der Waals surface area contributed by atoms with Crippen LogP contribution in [0.4, 0.5) is 17.6 Å². The molecule has 3 aromatic heterocycles. The first kappa shape index (κ1) is 23.2. The zero-order valence-electron chi connectivity index (χ0n) is 16.3. The van der Waals surface area contributed by atoms with E-state index in [-0.39, 0.29) is 37.0 Å². The third-order valence-corrected chi connectivity index (χ3v) is 5.24. The van der Waals surface area contributed by atoms with E-state index in [1.807, 2.05) is 0 Å². The second-order valence-electron chi connectivity index (χ2n) is 6.69.